The number of carbonyl (C=O) groups is 1. The van der Waals surface area contributed by atoms with E-state index in [9.17, 15) is 4.79 Å². The Morgan fingerprint density at radius 3 is 2.52 bits per heavy atom. The maximum atomic E-state index is 13.5. The maximum Gasteiger partial charge on any atom is 0.237 e. The molecule has 1 aliphatic carbocycles. The van der Waals surface area contributed by atoms with Crippen LogP contribution < -0.4 is 4.90 Å². The van der Waals surface area contributed by atoms with Crippen molar-refractivity contribution in [2.24, 2.45) is 0 Å². The molecule has 4 nitrogen and oxygen atoms in total. The molecule has 156 valence electrons. The largest absolute Gasteiger partial charge is 0.414 e. The number of amides is 1. The van der Waals surface area contributed by atoms with Gasteiger partial charge in [-0.25, -0.2) is 0 Å². The Hall–Kier alpha value is -1.24. The lowest BCUT2D eigenvalue weighted by Crippen LogP contribution is -2.48. The first-order valence-corrected chi connectivity index (χ1v) is 14.2. The summed E-state index contributed by atoms with van der Waals surface area (Å²) < 4.78 is 7.72. The number of anilines is 1. The maximum absolute atomic E-state index is 13.5. The summed E-state index contributed by atoms with van der Waals surface area (Å²) in [5.74, 6) is 0.215. The molecule has 2 aromatic rings. The van der Waals surface area contributed by atoms with Gasteiger partial charge in [-0.1, -0.05) is 36.7 Å². The lowest BCUT2D eigenvalue weighted by Gasteiger charge is -2.43. The lowest BCUT2D eigenvalue weighted by molar-refractivity contribution is -0.124. The van der Waals surface area contributed by atoms with E-state index in [2.05, 4.69) is 60.8 Å². The van der Waals surface area contributed by atoms with Gasteiger partial charge in [0.1, 0.15) is 0 Å². The molecule has 1 saturated carbocycles. The van der Waals surface area contributed by atoms with Crippen LogP contribution in [0.25, 0.3) is 10.9 Å². The number of hydrogen-bond acceptors (Lipinski definition) is 3. The highest BCUT2D eigenvalue weighted by atomic mass is 79.9. The molecule has 1 aromatic heterocycles. The summed E-state index contributed by atoms with van der Waals surface area (Å²) in [6, 6.07) is 6.16. The Labute approximate surface area is 183 Å². The Bertz CT molecular complexity index is 975. The zero-order chi connectivity index (χ0) is 21.2. The number of carbonyl (C=O) groups excluding carboxylic acids is 1. The molecule has 4 rings (SSSR count). The van der Waals surface area contributed by atoms with E-state index in [1.54, 1.807) is 0 Å². The second kappa shape index (κ2) is 6.89. The highest BCUT2D eigenvalue weighted by Crippen LogP contribution is 2.53. The SMILES string of the molecule is CN1C(=O)C2(CCC(O[Si](C)(C)C(C)(C)C)CC2)c2c1cnc1ccc(Br)cc21. The van der Waals surface area contributed by atoms with Crippen LogP contribution in [0.5, 0.6) is 0 Å². The van der Waals surface area contributed by atoms with E-state index in [0.29, 0.717) is 0 Å². The quantitative estimate of drug-likeness (QED) is 0.488. The number of aromatic nitrogens is 1. The van der Waals surface area contributed by atoms with Crippen LogP contribution in [-0.2, 0) is 14.6 Å². The van der Waals surface area contributed by atoms with Gasteiger partial charge in [0.05, 0.1) is 22.8 Å². The van der Waals surface area contributed by atoms with Crippen LogP contribution in [-0.4, -0.2) is 32.4 Å². The van der Waals surface area contributed by atoms with E-state index in [4.69, 9.17) is 4.43 Å². The lowest BCUT2D eigenvalue weighted by atomic mass is 9.68. The molecule has 1 aromatic carbocycles. The summed E-state index contributed by atoms with van der Waals surface area (Å²) in [7, 11) is 0.0802. The molecule has 6 heteroatoms. The summed E-state index contributed by atoms with van der Waals surface area (Å²) in [6.07, 6.45) is 5.68. The van der Waals surface area contributed by atoms with Crippen molar-refractivity contribution >= 4 is 46.7 Å². The van der Waals surface area contributed by atoms with Gasteiger partial charge in [-0.15, -0.1) is 0 Å². The van der Waals surface area contributed by atoms with Gasteiger partial charge in [-0.3, -0.25) is 9.78 Å². The number of hydrogen-bond donors (Lipinski definition) is 0. The van der Waals surface area contributed by atoms with E-state index in [-0.39, 0.29) is 17.0 Å². The third-order valence-electron chi connectivity index (χ3n) is 7.42. The molecule has 0 N–H and O–H groups in total. The van der Waals surface area contributed by atoms with E-state index >= 15 is 0 Å². The summed E-state index contributed by atoms with van der Waals surface area (Å²) in [5, 5.41) is 1.30. The molecular weight excluding hydrogens is 444 g/mol. The molecule has 0 saturated heterocycles. The fourth-order valence-corrected chi connectivity index (χ4v) is 6.49. The molecule has 1 amide bonds. The Balaban J connectivity index is 1.69. The van der Waals surface area contributed by atoms with Gasteiger partial charge < -0.3 is 9.33 Å². The van der Waals surface area contributed by atoms with E-state index < -0.39 is 13.7 Å². The van der Waals surface area contributed by atoms with Crippen molar-refractivity contribution in [1.82, 2.24) is 4.98 Å². The first-order valence-electron chi connectivity index (χ1n) is 10.5. The van der Waals surface area contributed by atoms with Crippen molar-refractivity contribution in [3.63, 3.8) is 0 Å². The van der Waals surface area contributed by atoms with Crippen LogP contribution in [0.3, 0.4) is 0 Å². The van der Waals surface area contributed by atoms with Crippen molar-refractivity contribution in [2.45, 2.75) is 76.1 Å². The number of fused-ring (bicyclic) bond motifs is 4. The van der Waals surface area contributed by atoms with E-state index in [1.807, 2.05) is 30.3 Å². The molecule has 2 heterocycles. The normalized spacial score (nSPS) is 25.1. The monoisotopic (exact) mass is 474 g/mol. The molecule has 0 atom stereocenters. The van der Waals surface area contributed by atoms with Gasteiger partial charge in [-0.2, -0.15) is 0 Å². The molecular formula is C23H31BrN2O2Si. The zero-order valence-corrected chi connectivity index (χ0v) is 20.9. The van der Waals surface area contributed by atoms with Crippen LogP contribution in [0.15, 0.2) is 28.9 Å². The van der Waals surface area contributed by atoms with Gasteiger partial charge in [-0.05, 0) is 62.0 Å². The minimum Gasteiger partial charge on any atom is -0.414 e. The molecule has 1 fully saturated rings. The van der Waals surface area contributed by atoms with Crippen LogP contribution in [0.2, 0.25) is 18.1 Å². The van der Waals surface area contributed by atoms with Crippen LogP contribution in [0.1, 0.15) is 52.0 Å². The Morgan fingerprint density at radius 2 is 1.90 bits per heavy atom. The van der Waals surface area contributed by atoms with Crippen molar-refractivity contribution < 1.29 is 9.22 Å². The number of nitrogens with zero attached hydrogens (tertiary/aromatic N) is 2. The van der Waals surface area contributed by atoms with Crippen LogP contribution in [0, 0.1) is 0 Å². The summed E-state index contributed by atoms with van der Waals surface area (Å²) >= 11 is 3.60. The molecule has 0 unspecified atom stereocenters. The third-order valence-corrected chi connectivity index (χ3v) is 12.4. The predicted octanol–water partition coefficient (Wildman–Crippen LogP) is 6.18. The van der Waals surface area contributed by atoms with Crippen molar-refractivity contribution in [3.8, 4) is 0 Å². The average Bonchev–Trinajstić information content (AvgIpc) is 2.85. The fraction of sp³-hybridized carbons (Fsp3) is 0.565. The minimum atomic E-state index is -1.81. The molecule has 2 aliphatic rings. The number of pyridine rings is 1. The van der Waals surface area contributed by atoms with Crippen LogP contribution >= 0.6 is 15.9 Å². The number of likely N-dealkylation sites (N-methyl/N-ethyl adjacent to an activating group) is 1. The first-order chi connectivity index (χ1) is 13.5. The Kier molecular flexibility index (Phi) is 4.99. The highest BCUT2D eigenvalue weighted by Gasteiger charge is 2.53. The molecule has 0 bridgehead atoms. The zero-order valence-electron chi connectivity index (χ0n) is 18.3. The van der Waals surface area contributed by atoms with Crippen molar-refractivity contribution in [1.29, 1.82) is 0 Å². The van der Waals surface area contributed by atoms with Gasteiger partial charge in [0.25, 0.3) is 0 Å². The summed E-state index contributed by atoms with van der Waals surface area (Å²) in [5.41, 5.74) is 2.64. The highest BCUT2D eigenvalue weighted by molar-refractivity contribution is 9.10. The topological polar surface area (TPSA) is 42.4 Å². The second-order valence-electron chi connectivity index (χ2n) is 10.2. The van der Waals surface area contributed by atoms with Gasteiger partial charge >= 0.3 is 0 Å². The number of rotatable bonds is 2. The van der Waals surface area contributed by atoms with Crippen molar-refractivity contribution in [2.75, 3.05) is 11.9 Å². The number of benzene rings is 1. The predicted molar refractivity (Wildman–Crippen MR) is 125 cm³/mol. The molecule has 29 heavy (non-hydrogen) atoms. The fourth-order valence-electron chi connectivity index (χ4n) is 4.71. The van der Waals surface area contributed by atoms with Gasteiger partial charge in [0.2, 0.25) is 5.91 Å². The first kappa shape index (κ1) is 21.0. The number of halogens is 1. The minimum absolute atomic E-state index is 0.201. The van der Waals surface area contributed by atoms with E-state index in [1.165, 1.54) is 5.56 Å². The van der Waals surface area contributed by atoms with E-state index in [0.717, 1.165) is 46.7 Å². The standard InChI is InChI=1S/C23H31BrN2O2Si/c1-22(2,3)29(5,6)28-16-9-11-23(12-10-16)20-17-13-15(24)7-8-18(17)25-14-19(20)26(4)21(23)27/h7-8,13-14,16H,9-12H2,1-6H3. The molecule has 1 aliphatic heterocycles. The van der Waals surface area contributed by atoms with Gasteiger partial charge in [0.15, 0.2) is 8.32 Å². The smallest absolute Gasteiger partial charge is 0.237 e. The van der Waals surface area contributed by atoms with Crippen LogP contribution in [0.4, 0.5) is 5.69 Å². The van der Waals surface area contributed by atoms with Gasteiger partial charge in [0, 0.05) is 28.6 Å². The third kappa shape index (κ3) is 3.28. The molecule has 1 spiro atoms. The summed E-state index contributed by atoms with van der Waals surface area (Å²) in [4.78, 5) is 19.9. The van der Waals surface area contributed by atoms with Crippen molar-refractivity contribution in [3.05, 3.63) is 34.4 Å². The second-order valence-corrected chi connectivity index (χ2v) is 15.9. The average molecular weight is 476 g/mol. The Morgan fingerprint density at radius 1 is 1.24 bits per heavy atom. The summed E-state index contributed by atoms with van der Waals surface area (Å²) in [6.45, 7) is 11.5. The molecule has 0 radical (unpaired) electrons.